The minimum Gasteiger partial charge on any atom is -0.455 e. The van der Waals surface area contributed by atoms with Crippen LogP contribution in [-0.2, 0) is 28.7 Å². The van der Waals surface area contributed by atoms with Gasteiger partial charge >= 0.3 is 5.97 Å². The number of benzene rings is 1. The van der Waals surface area contributed by atoms with E-state index < -0.39 is 41.7 Å². The summed E-state index contributed by atoms with van der Waals surface area (Å²) < 4.78 is 12.8. The number of rotatable bonds is 18. The van der Waals surface area contributed by atoms with Crippen LogP contribution >= 0.6 is 15.9 Å². The van der Waals surface area contributed by atoms with Crippen molar-refractivity contribution in [3.05, 3.63) is 61.2 Å². The summed E-state index contributed by atoms with van der Waals surface area (Å²) >= 11 is 3.72. The van der Waals surface area contributed by atoms with Crippen molar-refractivity contribution in [2.45, 2.75) is 93.5 Å². The summed E-state index contributed by atoms with van der Waals surface area (Å²) in [6.07, 6.45) is 6.01. The number of fused-ring (bicyclic) bond motifs is 1. The molecule has 252 valence electrons. The molecule has 0 saturated carbocycles. The van der Waals surface area contributed by atoms with E-state index in [-0.39, 0.29) is 48.2 Å². The van der Waals surface area contributed by atoms with Crippen LogP contribution in [0, 0.1) is 11.8 Å². The first-order valence-corrected chi connectivity index (χ1v) is 17.3. The van der Waals surface area contributed by atoms with Gasteiger partial charge in [-0.25, -0.2) is 0 Å². The van der Waals surface area contributed by atoms with E-state index in [9.17, 15) is 24.3 Å². The summed E-state index contributed by atoms with van der Waals surface area (Å²) in [5.74, 6) is -3.10. The zero-order valence-corrected chi connectivity index (χ0v) is 28.5. The maximum Gasteiger partial charge on any atom is 0.313 e. The van der Waals surface area contributed by atoms with Crippen LogP contribution in [0.5, 0.6) is 0 Å². The number of allylic oxidation sites excluding steroid dienone is 1. The number of hydrogen-bond acceptors (Lipinski definition) is 7. The van der Waals surface area contributed by atoms with Gasteiger partial charge in [-0.2, -0.15) is 0 Å². The molecule has 7 atom stereocenters. The van der Waals surface area contributed by atoms with Crippen molar-refractivity contribution < 1.29 is 33.8 Å². The third kappa shape index (κ3) is 7.42. The SMILES string of the molecule is C=CCCC(=O)NC[C@H](OC(=O)[C@H]1[C@@H]2O[C@@]3(CC2Br)[C@@H]1C(=O)N(CCCCCCO)[C@@H]3C(=O)N(CC=C)C(C)C)c1ccccc1. The quantitative estimate of drug-likeness (QED) is 0.102. The molecule has 46 heavy (non-hydrogen) atoms. The van der Waals surface area contributed by atoms with Crippen LogP contribution in [0.4, 0.5) is 0 Å². The molecule has 1 unspecified atom stereocenters. The zero-order valence-electron chi connectivity index (χ0n) is 26.9. The number of halogens is 1. The minimum absolute atomic E-state index is 0.0669. The number of aliphatic hydroxyl groups excluding tert-OH is 1. The maximum atomic E-state index is 14.4. The number of carbonyl (C=O) groups excluding carboxylic acids is 4. The predicted molar refractivity (Wildman–Crippen MR) is 178 cm³/mol. The number of hydrogen-bond donors (Lipinski definition) is 2. The number of carbonyl (C=O) groups is 4. The zero-order chi connectivity index (χ0) is 33.4. The molecule has 3 aliphatic rings. The monoisotopic (exact) mass is 701 g/mol. The molecule has 3 saturated heterocycles. The van der Waals surface area contributed by atoms with Crippen molar-refractivity contribution in [3.8, 4) is 0 Å². The normalized spacial score (nSPS) is 26.9. The van der Waals surface area contributed by atoms with E-state index in [0.717, 1.165) is 12.8 Å². The van der Waals surface area contributed by atoms with Gasteiger partial charge in [0.2, 0.25) is 17.7 Å². The van der Waals surface area contributed by atoms with Crippen molar-refractivity contribution >= 4 is 39.6 Å². The number of nitrogens with zero attached hydrogens (tertiary/aromatic N) is 2. The lowest BCUT2D eigenvalue weighted by Crippen LogP contribution is -2.58. The van der Waals surface area contributed by atoms with Crippen molar-refractivity contribution in [1.29, 1.82) is 0 Å². The Balaban J connectivity index is 1.64. The van der Waals surface area contributed by atoms with Gasteiger partial charge in [0, 0.05) is 37.0 Å². The first-order valence-electron chi connectivity index (χ1n) is 16.4. The number of esters is 1. The van der Waals surface area contributed by atoms with E-state index in [0.29, 0.717) is 44.3 Å². The fourth-order valence-corrected chi connectivity index (χ4v) is 8.10. The van der Waals surface area contributed by atoms with Gasteiger partial charge < -0.3 is 29.7 Å². The molecule has 10 nitrogen and oxygen atoms in total. The van der Waals surface area contributed by atoms with Gasteiger partial charge in [-0.1, -0.05) is 71.3 Å². The van der Waals surface area contributed by atoms with Crippen molar-refractivity contribution in [2.24, 2.45) is 11.8 Å². The highest BCUT2D eigenvalue weighted by Gasteiger charge is 2.77. The van der Waals surface area contributed by atoms with Crippen LogP contribution in [0.2, 0.25) is 0 Å². The van der Waals surface area contributed by atoms with Crippen LogP contribution in [-0.4, -0.2) is 93.5 Å². The summed E-state index contributed by atoms with van der Waals surface area (Å²) in [7, 11) is 0. The van der Waals surface area contributed by atoms with Gasteiger partial charge in [-0.3, -0.25) is 19.2 Å². The van der Waals surface area contributed by atoms with Crippen LogP contribution in [0.15, 0.2) is 55.6 Å². The molecule has 3 amide bonds. The molecule has 2 bridgehead atoms. The largest absolute Gasteiger partial charge is 0.455 e. The van der Waals surface area contributed by atoms with Crippen LogP contribution < -0.4 is 5.32 Å². The smallest absolute Gasteiger partial charge is 0.313 e. The van der Waals surface area contributed by atoms with Gasteiger partial charge in [0.1, 0.15) is 17.7 Å². The minimum atomic E-state index is -1.20. The Hall–Kier alpha value is -3.02. The van der Waals surface area contributed by atoms with Crippen molar-refractivity contribution in [3.63, 3.8) is 0 Å². The van der Waals surface area contributed by atoms with E-state index in [4.69, 9.17) is 9.47 Å². The second kappa shape index (κ2) is 16.2. The second-order valence-corrected chi connectivity index (χ2v) is 13.8. The third-order valence-corrected chi connectivity index (χ3v) is 10.2. The number of alkyl halides is 1. The first-order chi connectivity index (χ1) is 22.1. The Bertz CT molecular complexity index is 1260. The second-order valence-electron chi connectivity index (χ2n) is 12.7. The molecule has 0 aromatic heterocycles. The van der Waals surface area contributed by atoms with Crippen molar-refractivity contribution in [1.82, 2.24) is 15.1 Å². The molecule has 2 N–H and O–H groups in total. The Morgan fingerprint density at radius 2 is 1.89 bits per heavy atom. The molecule has 1 spiro atoms. The van der Waals surface area contributed by atoms with Crippen LogP contribution in [0.25, 0.3) is 0 Å². The van der Waals surface area contributed by atoms with Gasteiger partial charge in [-0.05, 0) is 45.1 Å². The average Bonchev–Trinajstić information content (AvgIpc) is 3.63. The topological polar surface area (TPSA) is 125 Å². The number of amides is 3. The number of unbranched alkanes of at least 4 members (excludes halogenated alkanes) is 3. The summed E-state index contributed by atoms with van der Waals surface area (Å²) in [6, 6.07) is 8.13. The lowest BCUT2D eigenvalue weighted by atomic mass is 9.70. The fraction of sp³-hybridized carbons (Fsp3) is 0.600. The third-order valence-electron chi connectivity index (χ3n) is 9.32. The van der Waals surface area contributed by atoms with E-state index >= 15 is 0 Å². The molecule has 4 rings (SSSR count). The van der Waals surface area contributed by atoms with Crippen molar-refractivity contribution in [2.75, 3.05) is 26.2 Å². The highest BCUT2D eigenvalue weighted by Crippen LogP contribution is 2.60. The Morgan fingerprint density at radius 1 is 1.17 bits per heavy atom. The van der Waals surface area contributed by atoms with E-state index in [1.54, 1.807) is 22.0 Å². The summed E-state index contributed by atoms with van der Waals surface area (Å²) in [5.41, 5.74) is -0.488. The molecule has 0 aliphatic carbocycles. The standard InChI is InChI=1S/C35H48BrN3O7/c1-5-7-17-27(41)37-22-26(24-15-11-10-12-16-24)45-34(44)28-29-32(42)39(19-13-8-9-14-20-40)31(33(43)38(18-6-2)23(3)4)35(29)21-25(36)30(28)46-35/h5-6,10-12,15-16,23,25-26,28-31,40H,1-2,7-9,13-14,17-22H2,3-4H3,(H,37,41)/t25?,26-,28+,29-,30+,31+,35-/m0/s1. The number of nitrogens with one attached hydrogen (secondary N) is 1. The maximum absolute atomic E-state index is 14.4. The van der Waals surface area contributed by atoms with Gasteiger partial charge in [0.15, 0.2) is 0 Å². The lowest BCUT2D eigenvalue weighted by molar-refractivity contribution is -0.160. The highest BCUT2D eigenvalue weighted by atomic mass is 79.9. The number of likely N-dealkylation sites (tertiary alicyclic amines) is 1. The van der Waals surface area contributed by atoms with Gasteiger partial charge in [0.05, 0.1) is 24.5 Å². The molecule has 3 fully saturated rings. The van der Waals surface area contributed by atoms with Crippen LogP contribution in [0.1, 0.15) is 70.5 Å². The number of aliphatic hydroxyl groups is 1. The molecule has 0 radical (unpaired) electrons. The molecule has 11 heteroatoms. The average molecular weight is 703 g/mol. The predicted octanol–water partition coefficient (Wildman–Crippen LogP) is 4.08. The van der Waals surface area contributed by atoms with E-state index in [1.807, 2.05) is 44.2 Å². The fourth-order valence-electron chi connectivity index (χ4n) is 7.16. The Morgan fingerprint density at radius 3 is 2.54 bits per heavy atom. The molecular weight excluding hydrogens is 654 g/mol. The summed E-state index contributed by atoms with van der Waals surface area (Å²) in [6.45, 7) is 12.2. The Kier molecular flexibility index (Phi) is 12.6. The molecule has 3 heterocycles. The first kappa shape index (κ1) is 35.8. The highest BCUT2D eigenvalue weighted by molar-refractivity contribution is 9.09. The Labute approximate surface area is 280 Å². The molecule has 3 aliphatic heterocycles. The molecular formula is C35H48BrN3O7. The summed E-state index contributed by atoms with van der Waals surface area (Å²) in [4.78, 5) is 58.4. The molecule has 1 aromatic carbocycles. The number of ether oxygens (including phenoxy) is 2. The lowest BCUT2D eigenvalue weighted by Gasteiger charge is -2.38. The van der Waals surface area contributed by atoms with E-state index in [2.05, 4.69) is 34.4 Å². The van der Waals surface area contributed by atoms with Gasteiger partial charge in [0.25, 0.3) is 0 Å². The van der Waals surface area contributed by atoms with Gasteiger partial charge in [-0.15, -0.1) is 13.2 Å². The summed E-state index contributed by atoms with van der Waals surface area (Å²) in [5, 5.41) is 12.1. The van der Waals surface area contributed by atoms with Crippen LogP contribution in [0.3, 0.4) is 0 Å². The van der Waals surface area contributed by atoms with E-state index in [1.165, 1.54) is 0 Å². The molecule has 1 aromatic rings.